The Morgan fingerprint density at radius 1 is 1.29 bits per heavy atom. The average Bonchev–Trinajstić information content (AvgIpc) is 2.15. The summed E-state index contributed by atoms with van der Waals surface area (Å²) >= 11 is 0. The first-order valence-electron chi connectivity index (χ1n) is 5.87. The maximum atomic E-state index is 11.7. The van der Waals surface area contributed by atoms with Crippen LogP contribution in [0.1, 0.15) is 46.5 Å². The Morgan fingerprint density at radius 3 is 2.36 bits per heavy atom. The van der Waals surface area contributed by atoms with Crippen LogP contribution in [0.15, 0.2) is 0 Å². The van der Waals surface area contributed by atoms with Crippen LogP contribution < -0.4 is 5.32 Å². The van der Waals surface area contributed by atoms with Crippen LogP contribution in [0.5, 0.6) is 0 Å². The predicted octanol–water partition coefficient (Wildman–Crippen LogP) is 2.58. The van der Waals surface area contributed by atoms with Gasteiger partial charge in [0.15, 0.2) is 0 Å². The maximum absolute atomic E-state index is 11.7. The fraction of sp³-hybridized carbons (Fsp3) is 0.917. The Bertz CT molecular complexity index is 181. The minimum absolute atomic E-state index is 0.283. The van der Waals surface area contributed by atoms with Crippen molar-refractivity contribution in [2.45, 2.75) is 46.5 Å². The monoisotopic (exact) mass is 197 g/mol. The Kier molecular flexibility index (Phi) is 4.43. The number of hydrogen-bond acceptors (Lipinski definition) is 1. The van der Waals surface area contributed by atoms with Crippen LogP contribution in [-0.2, 0) is 4.79 Å². The second kappa shape index (κ2) is 5.38. The summed E-state index contributed by atoms with van der Waals surface area (Å²) in [4.78, 5) is 11.7. The Hall–Kier alpha value is -0.530. The van der Waals surface area contributed by atoms with Crippen molar-refractivity contribution in [2.24, 2.45) is 17.8 Å². The summed E-state index contributed by atoms with van der Waals surface area (Å²) in [5.41, 5.74) is 0. The van der Waals surface area contributed by atoms with E-state index >= 15 is 0 Å². The fourth-order valence-corrected chi connectivity index (χ4v) is 1.97. The molecule has 0 radical (unpaired) electrons. The molecule has 0 aromatic heterocycles. The van der Waals surface area contributed by atoms with Gasteiger partial charge in [0.05, 0.1) is 0 Å². The zero-order valence-electron chi connectivity index (χ0n) is 9.68. The quantitative estimate of drug-likeness (QED) is 0.740. The van der Waals surface area contributed by atoms with Crippen molar-refractivity contribution in [3.63, 3.8) is 0 Å². The fourth-order valence-electron chi connectivity index (χ4n) is 1.97. The van der Waals surface area contributed by atoms with Gasteiger partial charge in [-0.1, -0.05) is 20.8 Å². The average molecular weight is 197 g/mol. The van der Waals surface area contributed by atoms with Crippen molar-refractivity contribution < 1.29 is 4.79 Å². The Balaban J connectivity index is 2.24. The number of amides is 1. The molecule has 0 aliphatic heterocycles. The third-order valence-electron chi connectivity index (χ3n) is 3.07. The summed E-state index contributed by atoms with van der Waals surface area (Å²) < 4.78 is 0. The van der Waals surface area contributed by atoms with Crippen LogP contribution in [-0.4, -0.2) is 12.5 Å². The molecular formula is C12H23NO. The SMILES string of the molecule is CC(C)CNC(=O)C1CCC(C)CC1. The number of rotatable bonds is 3. The molecule has 1 N–H and O–H groups in total. The zero-order valence-corrected chi connectivity index (χ0v) is 9.68. The van der Waals surface area contributed by atoms with E-state index in [0.29, 0.717) is 11.8 Å². The summed E-state index contributed by atoms with van der Waals surface area (Å²) in [6, 6.07) is 0. The summed E-state index contributed by atoms with van der Waals surface area (Å²) in [5.74, 6) is 1.96. The standard InChI is InChI=1S/C12H23NO/c1-9(2)8-13-12(14)11-6-4-10(3)5-7-11/h9-11H,4-8H2,1-3H3,(H,13,14). The molecule has 1 aliphatic rings. The van der Waals surface area contributed by atoms with Crippen molar-refractivity contribution in [2.75, 3.05) is 6.54 Å². The van der Waals surface area contributed by atoms with Gasteiger partial charge in [-0.15, -0.1) is 0 Å². The largest absolute Gasteiger partial charge is 0.356 e. The highest BCUT2D eigenvalue weighted by atomic mass is 16.1. The van der Waals surface area contributed by atoms with Gasteiger partial charge in [-0.25, -0.2) is 0 Å². The summed E-state index contributed by atoms with van der Waals surface area (Å²) in [6.45, 7) is 7.36. The molecule has 82 valence electrons. The molecule has 0 atom stereocenters. The number of carbonyl (C=O) groups is 1. The second-order valence-electron chi connectivity index (χ2n) is 5.10. The van der Waals surface area contributed by atoms with Gasteiger partial charge >= 0.3 is 0 Å². The summed E-state index contributed by atoms with van der Waals surface area (Å²) in [6.07, 6.45) is 4.62. The smallest absolute Gasteiger partial charge is 0.223 e. The third kappa shape index (κ3) is 3.69. The van der Waals surface area contributed by atoms with Crippen LogP contribution >= 0.6 is 0 Å². The van der Waals surface area contributed by atoms with Crippen molar-refractivity contribution in [3.8, 4) is 0 Å². The Labute approximate surface area is 87.5 Å². The topological polar surface area (TPSA) is 29.1 Å². The van der Waals surface area contributed by atoms with Crippen LogP contribution in [0.4, 0.5) is 0 Å². The third-order valence-corrected chi connectivity index (χ3v) is 3.07. The van der Waals surface area contributed by atoms with E-state index in [9.17, 15) is 4.79 Å². The predicted molar refractivity (Wildman–Crippen MR) is 59.0 cm³/mol. The lowest BCUT2D eigenvalue weighted by atomic mass is 9.82. The van der Waals surface area contributed by atoms with Crippen LogP contribution in [0.2, 0.25) is 0 Å². The van der Waals surface area contributed by atoms with Gasteiger partial charge in [0, 0.05) is 12.5 Å². The summed E-state index contributed by atoms with van der Waals surface area (Å²) in [7, 11) is 0. The van der Waals surface area contributed by atoms with E-state index in [1.54, 1.807) is 0 Å². The van der Waals surface area contributed by atoms with Crippen LogP contribution in [0.3, 0.4) is 0 Å². The van der Waals surface area contributed by atoms with Gasteiger partial charge in [-0.05, 0) is 37.5 Å². The zero-order chi connectivity index (χ0) is 10.6. The van der Waals surface area contributed by atoms with E-state index < -0.39 is 0 Å². The first-order chi connectivity index (χ1) is 6.59. The van der Waals surface area contributed by atoms with Crippen molar-refractivity contribution >= 4 is 5.91 Å². The molecule has 0 saturated heterocycles. The Morgan fingerprint density at radius 2 is 1.86 bits per heavy atom. The van der Waals surface area contributed by atoms with Gasteiger partial charge < -0.3 is 5.32 Å². The van der Waals surface area contributed by atoms with Gasteiger partial charge in [0.1, 0.15) is 0 Å². The van der Waals surface area contributed by atoms with Gasteiger partial charge in [-0.3, -0.25) is 4.79 Å². The van der Waals surface area contributed by atoms with E-state index in [-0.39, 0.29) is 5.91 Å². The lowest BCUT2D eigenvalue weighted by molar-refractivity contribution is -0.126. The molecule has 2 nitrogen and oxygen atoms in total. The van der Waals surface area contributed by atoms with E-state index in [1.807, 2.05) is 0 Å². The molecule has 1 saturated carbocycles. The lowest BCUT2D eigenvalue weighted by Gasteiger charge is -2.25. The second-order valence-corrected chi connectivity index (χ2v) is 5.10. The van der Waals surface area contributed by atoms with Crippen LogP contribution in [0, 0.1) is 17.8 Å². The van der Waals surface area contributed by atoms with E-state index in [1.165, 1.54) is 12.8 Å². The number of carbonyl (C=O) groups excluding carboxylic acids is 1. The molecule has 0 heterocycles. The molecular weight excluding hydrogens is 174 g/mol. The molecule has 1 rings (SSSR count). The lowest BCUT2D eigenvalue weighted by Crippen LogP contribution is -2.35. The minimum atomic E-state index is 0.283. The first-order valence-corrected chi connectivity index (χ1v) is 5.87. The van der Waals surface area contributed by atoms with Gasteiger partial charge in [-0.2, -0.15) is 0 Å². The van der Waals surface area contributed by atoms with E-state index in [2.05, 4.69) is 26.1 Å². The van der Waals surface area contributed by atoms with Gasteiger partial charge in [0.25, 0.3) is 0 Å². The molecule has 0 spiro atoms. The number of nitrogens with one attached hydrogen (secondary N) is 1. The van der Waals surface area contributed by atoms with Gasteiger partial charge in [0.2, 0.25) is 5.91 Å². The molecule has 0 bridgehead atoms. The highest BCUT2D eigenvalue weighted by molar-refractivity contribution is 5.78. The van der Waals surface area contributed by atoms with E-state index in [4.69, 9.17) is 0 Å². The highest BCUT2D eigenvalue weighted by Crippen LogP contribution is 2.28. The van der Waals surface area contributed by atoms with E-state index in [0.717, 1.165) is 25.3 Å². The molecule has 1 amide bonds. The summed E-state index contributed by atoms with van der Waals surface area (Å²) in [5, 5.41) is 3.03. The normalized spacial score (nSPS) is 27.7. The maximum Gasteiger partial charge on any atom is 0.223 e. The number of hydrogen-bond donors (Lipinski definition) is 1. The molecule has 0 aromatic carbocycles. The van der Waals surface area contributed by atoms with Crippen molar-refractivity contribution in [1.82, 2.24) is 5.32 Å². The molecule has 0 unspecified atom stereocenters. The van der Waals surface area contributed by atoms with Crippen LogP contribution in [0.25, 0.3) is 0 Å². The molecule has 1 fully saturated rings. The minimum Gasteiger partial charge on any atom is -0.356 e. The molecule has 14 heavy (non-hydrogen) atoms. The van der Waals surface area contributed by atoms with Crippen molar-refractivity contribution in [1.29, 1.82) is 0 Å². The first kappa shape index (κ1) is 11.5. The molecule has 0 aromatic rings. The highest BCUT2D eigenvalue weighted by Gasteiger charge is 2.23. The molecule has 1 aliphatic carbocycles. The van der Waals surface area contributed by atoms with Crippen molar-refractivity contribution in [3.05, 3.63) is 0 Å². The molecule has 2 heteroatoms.